The highest BCUT2D eigenvalue weighted by Gasteiger charge is 2.27. The van der Waals surface area contributed by atoms with E-state index in [0.29, 0.717) is 6.54 Å². The number of aryl methyl sites for hydroxylation is 2. The molecule has 0 bridgehead atoms. The molecular formula is C23H21N3OS. The van der Waals surface area contributed by atoms with Crippen molar-refractivity contribution in [3.05, 3.63) is 81.9 Å². The van der Waals surface area contributed by atoms with Gasteiger partial charge in [-0.2, -0.15) is 5.10 Å². The van der Waals surface area contributed by atoms with Crippen molar-refractivity contribution in [3.63, 3.8) is 0 Å². The molecule has 0 unspecified atom stereocenters. The number of rotatable bonds is 3. The van der Waals surface area contributed by atoms with Gasteiger partial charge in [-0.05, 0) is 43.5 Å². The quantitative estimate of drug-likeness (QED) is 0.498. The highest BCUT2D eigenvalue weighted by atomic mass is 32.1. The van der Waals surface area contributed by atoms with Gasteiger partial charge in [0.05, 0.1) is 17.1 Å². The number of anilines is 1. The molecule has 4 aromatic rings. The Balaban J connectivity index is 1.49. The molecule has 3 heterocycles. The lowest BCUT2D eigenvalue weighted by molar-refractivity contribution is 0.0993. The maximum absolute atomic E-state index is 13.2. The third-order valence-corrected chi connectivity index (χ3v) is 6.54. The van der Waals surface area contributed by atoms with Gasteiger partial charge in [0, 0.05) is 17.6 Å². The molecule has 0 atom stereocenters. The molecule has 0 saturated heterocycles. The van der Waals surface area contributed by atoms with Crippen LogP contribution in [0.4, 0.5) is 5.69 Å². The zero-order valence-electron chi connectivity index (χ0n) is 16.0. The first-order valence-corrected chi connectivity index (χ1v) is 10.3. The molecule has 140 valence electrons. The van der Waals surface area contributed by atoms with Crippen molar-refractivity contribution < 1.29 is 4.79 Å². The van der Waals surface area contributed by atoms with Crippen LogP contribution in [0, 0.1) is 13.8 Å². The number of amides is 1. The number of fused-ring (bicyclic) bond motifs is 2. The van der Waals surface area contributed by atoms with Crippen LogP contribution in [0.1, 0.15) is 32.1 Å². The van der Waals surface area contributed by atoms with Crippen molar-refractivity contribution in [1.29, 1.82) is 0 Å². The minimum atomic E-state index is 0.0902. The van der Waals surface area contributed by atoms with Gasteiger partial charge in [-0.3, -0.25) is 9.48 Å². The van der Waals surface area contributed by atoms with Crippen LogP contribution >= 0.6 is 11.3 Å². The SMILES string of the molecule is Cc1ccc(Cn2nc(C)c3cc(C(=O)N4CCc5ccccc54)sc32)cc1. The van der Waals surface area contributed by atoms with Gasteiger partial charge in [0.1, 0.15) is 4.83 Å². The number of aromatic nitrogens is 2. The normalized spacial score (nSPS) is 13.3. The lowest BCUT2D eigenvalue weighted by Crippen LogP contribution is -2.28. The second-order valence-corrected chi connectivity index (χ2v) is 8.42. The van der Waals surface area contributed by atoms with E-state index in [1.165, 1.54) is 16.7 Å². The van der Waals surface area contributed by atoms with Crippen LogP contribution in [0.5, 0.6) is 0 Å². The standard InChI is InChI=1S/C23H21N3OS/c1-15-7-9-17(10-8-15)14-26-23-19(16(2)24-26)13-21(28-23)22(27)25-12-11-18-5-3-4-6-20(18)25/h3-10,13H,11-12,14H2,1-2H3. The highest BCUT2D eigenvalue weighted by molar-refractivity contribution is 7.20. The fourth-order valence-corrected chi connectivity index (χ4v) is 4.98. The second kappa shape index (κ2) is 6.60. The lowest BCUT2D eigenvalue weighted by Gasteiger charge is -2.16. The fourth-order valence-electron chi connectivity index (χ4n) is 3.87. The van der Waals surface area contributed by atoms with Gasteiger partial charge in [-0.25, -0.2) is 0 Å². The van der Waals surface area contributed by atoms with E-state index in [2.05, 4.69) is 37.3 Å². The average Bonchev–Trinajstić information content (AvgIpc) is 3.39. The maximum atomic E-state index is 13.2. The summed E-state index contributed by atoms with van der Waals surface area (Å²) in [4.78, 5) is 17.0. The first kappa shape index (κ1) is 17.2. The Labute approximate surface area is 168 Å². The molecule has 0 aliphatic carbocycles. The number of benzene rings is 2. The van der Waals surface area contributed by atoms with E-state index in [4.69, 9.17) is 5.10 Å². The van der Waals surface area contributed by atoms with Crippen LogP contribution in [0.2, 0.25) is 0 Å². The number of carbonyl (C=O) groups is 1. The van der Waals surface area contributed by atoms with Crippen LogP contribution in [-0.2, 0) is 13.0 Å². The minimum Gasteiger partial charge on any atom is -0.307 e. The number of hydrogen-bond acceptors (Lipinski definition) is 3. The van der Waals surface area contributed by atoms with E-state index in [-0.39, 0.29) is 5.91 Å². The summed E-state index contributed by atoms with van der Waals surface area (Å²) in [5.41, 5.74) is 5.73. The first-order valence-electron chi connectivity index (χ1n) is 9.52. The summed E-state index contributed by atoms with van der Waals surface area (Å²) in [6, 6.07) is 18.7. The van der Waals surface area contributed by atoms with Gasteiger partial charge in [-0.15, -0.1) is 11.3 Å². The maximum Gasteiger partial charge on any atom is 0.268 e. The third-order valence-electron chi connectivity index (χ3n) is 5.40. The molecule has 0 spiro atoms. The van der Waals surface area contributed by atoms with E-state index in [9.17, 15) is 4.79 Å². The summed E-state index contributed by atoms with van der Waals surface area (Å²) in [5, 5.41) is 5.78. The van der Waals surface area contributed by atoms with Crippen molar-refractivity contribution in [2.24, 2.45) is 0 Å². The van der Waals surface area contributed by atoms with Gasteiger partial charge in [0.25, 0.3) is 5.91 Å². The van der Waals surface area contributed by atoms with Gasteiger partial charge in [0.2, 0.25) is 0 Å². The molecule has 2 aromatic carbocycles. The molecule has 28 heavy (non-hydrogen) atoms. The Morgan fingerprint density at radius 2 is 1.89 bits per heavy atom. The van der Waals surface area contributed by atoms with Crippen molar-refractivity contribution in [2.75, 3.05) is 11.4 Å². The number of carbonyl (C=O) groups excluding carboxylic acids is 1. The number of para-hydroxylation sites is 1. The summed E-state index contributed by atoms with van der Waals surface area (Å²) in [5.74, 6) is 0.0902. The molecule has 5 heteroatoms. The highest BCUT2D eigenvalue weighted by Crippen LogP contribution is 2.33. The van der Waals surface area contributed by atoms with Crippen molar-refractivity contribution in [3.8, 4) is 0 Å². The summed E-state index contributed by atoms with van der Waals surface area (Å²) >= 11 is 1.55. The van der Waals surface area contributed by atoms with Crippen LogP contribution in [-0.4, -0.2) is 22.2 Å². The Kier molecular flexibility index (Phi) is 4.05. The predicted octanol–water partition coefficient (Wildman–Crippen LogP) is 4.97. The third kappa shape index (κ3) is 2.83. The number of thiophene rings is 1. The molecule has 0 saturated carbocycles. The molecule has 1 aliphatic heterocycles. The molecule has 5 rings (SSSR count). The predicted molar refractivity (Wildman–Crippen MR) is 114 cm³/mol. The first-order chi connectivity index (χ1) is 13.6. The molecule has 0 N–H and O–H groups in total. The van der Waals surface area contributed by atoms with E-state index in [1.54, 1.807) is 11.3 Å². The smallest absolute Gasteiger partial charge is 0.268 e. The van der Waals surface area contributed by atoms with Gasteiger partial charge in [-0.1, -0.05) is 48.0 Å². The van der Waals surface area contributed by atoms with E-state index in [1.807, 2.05) is 40.8 Å². The largest absolute Gasteiger partial charge is 0.307 e. The minimum absolute atomic E-state index is 0.0902. The number of hydrogen-bond donors (Lipinski definition) is 0. The van der Waals surface area contributed by atoms with Gasteiger partial charge < -0.3 is 4.90 Å². The Morgan fingerprint density at radius 1 is 1.11 bits per heavy atom. The van der Waals surface area contributed by atoms with Crippen LogP contribution < -0.4 is 4.90 Å². The van der Waals surface area contributed by atoms with Gasteiger partial charge in [0.15, 0.2) is 0 Å². The van der Waals surface area contributed by atoms with E-state index >= 15 is 0 Å². The zero-order chi connectivity index (χ0) is 19.3. The van der Waals surface area contributed by atoms with E-state index < -0.39 is 0 Å². The molecule has 4 nitrogen and oxygen atoms in total. The second-order valence-electron chi connectivity index (χ2n) is 7.39. The summed E-state index contributed by atoms with van der Waals surface area (Å²) in [7, 11) is 0. The average molecular weight is 388 g/mol. The molecule has 2 aromatic heterocycles. The van der Waals surface area contributed by atoms with Crippen LogP contribution in [0.15, 0.2) is 54.6 Å². The Morgan fingerprint density at radius 3 is 2.71 bits per heavy atom. The van der Waals surface area contributed by atoms with Crippen LogP contribution in [0.25, 0.3) is 10.2 Å². The number of nitrogens with zero attached hydrogens (tertiary/aromatic N) is 3. The summed E-state index contributed by atoms with van der Waals surface area (Å²) in [6.45, 7) is 5.57. The Hall–Kier alpha value is -2.92. The fraction of sp³-hybridized carbons (Fsp3) is 0.217. The van der Waals surface area contributed by atoms with Crippen molar-refractivity contribution >= 4 is 33.1 Å². The molecule has 0 radical (unpaired) electrons. The zero-order valence-corrected chi connectivity index (χ0v) is 16.8. The van der Waals surface area contributed by atoms with Crippen molar-refractivity contribution in [2.45, 2.75) is 26.8 Å². The van der Waals surface area contributed by atoms with E-state index in [0.717, 1.165) is 39.4 Å². The van der Waals surface area contributed by atoms with Gasteiger partial charge >= 0.3 is 0 Å². The van der Waals surface area contributed by atoms with Crippen LogP contribution in [0.3, 0.4) is 0 Å². The topological polar surface area (TPSA) is 38.1 Å². The molecule has 1 amide bonds. The van der Waals surface area contributed by atoms with Crippen molar-refractivity contribution in [1.82, 2.24) is 9.78 Å². The monoisotopic (exact) mass is 387 g/mol. The molecule has 1 aliphatic rings. The molecular weight excluding hydrogens is 366 g/mol. The molecule has 0 fully saturated rings. The summed E-state index contributed by atoms with van der Waals surface area (Å²) in [6.07, 6.45) is 0.924. The lowest BCUT2D eigenvalue weighted by atomic mass is 10.1. The summed E-state index contributed by atoms with van der Waals surface area (Å²) < 4.78 is 2.02. The Bertz CT molecular complexity index is 1190.